The van der Waals surface area contributed by atoms with Crippen LogP contribution in [0.4, 0.5) is 8.78 Å². The average molecular weight is 407 g/mol. The van der Waals surface area contributed by atoms with Crippen LogP contribution in [0.15, 0.2) is 78.0 Å². The van der Waals surface area contributed by atoms with Crippen LogP contribution < -0.4 is 4.74 Å². The Morgan fingerprint density at radius 1 is 0.967 bits per heavy atom. The summed E-state index contributed by atoms with van der Waals surface area (Å²) in [6, 6.07) is 23.0. The Morgan fingerprint density at radius 2 is 1.70 bits per heavy atom. The van der Waals surface area contributed by atoms with E-state index in [1.807, 2.05) is 30.3 Å². The van der Waals surface area contributed by atoms with Crippen LogP contribution in [0.25, 0.3) is 11.1 Å². The minimum absolute atomic E-state index is 0.137. The molecule has 1 aliphatic carbocycles. The molecule has 1 fully saturated rings. The average Bonchev–Trinajstić information content (AvgIpc) is 3.58. The third-order valence-electron chi connectivity index (χ3n) is 5.25. The monoisotopic (exact) mass is 407 g/mol. The van der Waals surface area contributed by atoms with Gasteiger partial charge >= 0.3 is 6.61 Å². The summed E-state index contributed by atoms with van der Waals surface area (Å²) in [6.45, 7) is -0.366. The maximum atomic E-state index is 12.3. The van der Waals surface area contributed by atoms with Gasteiger partial charge in [0.2, 0.25) is 0 Å². The van der Waals surface area contributed by atoms with E-state index in [0.29, 0.717) is 12.5 Å². The first-order chi connectivity index (χ1) is 14.6. The molecule has 0 heterocycles. The van der Waals surface area contributed by atoms with Crippen LogP contribution in [0.5, 0.6) is 5.75 Å². The molecular formula is C25H23F2NO2. The predicted molar refractivity (Wildman–Crippen MR) is 114 cm³/mol. The van der Waals surface area contributed by atoms with Crippen molar-refractivity contribution in [2.24, 2.45) is 11.1 Å². The van der Waals surface area contributed by atoms with Crippen molar-refractivity contribution < 1.29 is 18.4 Å². The second kappa shape index (κ2) is 9.08. The lowest BCUT2D eigenvalue weighted by atomic mass is 9.97. The molecule has 3 aromatic rings. The molecule has 3 aromatic carbocycles. The maximum Gasteiger partial charge on any atom is 0.387 e. The van der Waals surface area contributed by atoms with Crippen LogP contribution >= 0.6 is 0 Å². The Morgan fingerprint density at radius 3 is 2.37 bits per heavy atom. The van der Waals surface area contributed by atoms with Crippen molar-refractivity contribution in [3.63, 3.8) is 0 Å². The molecule has 1 aliphatic rings. The highest BCUT2D eigenvalue weighted by molar-refractivity contribution is 6.03. The Kier molecular flexibility index (Phi) is 6.07. The van der Waals surface area contributed by atoms with E-state index >= 15 is 0 Å². The van der Waals surface area contributed by atoms with Gasteiger partial charge in [-0.05, 0) is 71.8 Å². The van der Waals surface area contributed by atoms with Crippen LogP contribution in [-0.4, -0.2) is 12.3 Å². The molecule has 0 saturated heterocycles. The number of benzene rings is 3. The molecule has 0 unspecified atom stereocenters. The minimum atomic E-state index is -2.83. The van der Waals surface area contributed by atoms with E-state index < -0.39 is 6.61 Å². The zero-order valence-corrected chi connectivity index (χ0v) is 16.7. The molecule has 1 saturated carbocycles. The first-order valence-corrected chi connectivity index (χ1v) is 10.0. The molecule has 0 amide bonds. The van der Waals surface area contributed by atoms with E-state index in [4.69, 9.17) is 4.84 Å². The van der Waals surface area contributed by atoms with Gasteiger partial charge in [0.15, 0.2) is 0 Å². The molecule has 3 nitrogen and oxygen atoms in total. The normalized spacial score (nSPS) is 14.1. The first-order valence-electron chi connectivity index (χ1n) is 10.0. The van der Waals surface area contributed by atoms with Gasteiger partial charge in [-0.15, -0.1) is 0 Å². The molecule has 0 spiro atoms. The van der Waals surface area contributed by atoms with E-state index in [0.717, 1.165) is 29.7 Å². The lowest BCUT2D eigenvalue weighted by Gasteiger charge is -2.12. The fourth-order valence-electron chi connectivity index (χ4n) is 3.47. The lowest BCUT2D eigenvalue weighted by molar-refractivity contribution is -0.0498. The van der Waals surface area contributed by atoms with E-state index in [-0.39, 0.29) is 5.75 Å². The highest BCUT2D eigenvalue weighted by Gasteiger charge is 2.29. The van der Waals surface area contributed by atoms with Crippen molar-refractivity contribution in [2.45, 2.75) is 33.0 Å². The maximum absolute atomic E-state index is 12.3. The summed E-state index contributed by atoms with van der Waals surface area (Å²) in [6.07, 6.45) is 2.11. The van der Waals surface area contributed by atoms with Crippen LogP contribution in [0.1, 0.15) is 29.5 Å². The van der Waals surface area contributed by atoms with Gasteiger partial charge < -0.3 is 9.57 Å². The SMILES string of the molecule is Cc1c(CO/N=C(/c2ccc(OC(F)F)cc2)C2CC2)cccc1-c1ccccc1. The Bertz CT molecular complexity index is 1010. The minimum Gasteiger partial charge on any atom is -0.435 e. The van der Waals surface area contributed by atoms with Crippen LogP contribution in [0.2, 0.25) is 0 Å². The third kappa shape index (κ3) is 4.85. The summed E-state index contributed by atoms with van der Waals surface area (Å²) in [5.74, 6) is 0.488. The Balaban J connectivity index is 1.49. The van der Waals surface area contributed by atoms with Crippen LogP contribution in [0, 0.1) is 12.8 Å². The van der Waals surface area contributed by atoms with Gasteiger partial charge in [0.1, 0.15) is 12.4 Å². The third-order valence-corrected chi connectivity index (χ3v) is 5.25. The van der Waals surface area contributed by atoms with Crippen molar-refractivity contribution in [1.82, 2.24) is 0 Å². The quantitative estimate of drug-likeness (QED) is 0.311. The molecule has 5 heteroatoms. The van der Waals surface area contributed by atoms with Crippen molar-refractivity contribution in [1.29, 1.82) is 0 Å². The fourth-order valence-corrected chi connectivity index (χ4v) is 3.47. The van der Waals surface area contributed by atoms with Crippen molar-refractivity contribution >= 4 is 5.71 Å². The molecule has 0 N–H and O–H groups in total. The number of oxime groups is 1. The predicted octanol–water partition coefficient (Wildman–Crippen LogP) is 6.59. The lowest BCUT2D eigenvalue weighted by Crippen LogP contribution is -2.06. The summed E-state index contributed by atoms with van der Waals surface area (Å²) < 4.78 is 29.1. The molecule has 0 atom stereocenters. The van der Waals surface area contributed by atoms with Crippen molar-refractivity contribution in [3.05, 3.63) is 89.5 Å². The number of hydrogen-bond donors (Lipinski definition) is 0. The van der Waals surface area contributed by atoms with Crippen molar-refractivity contribution in [2.75, 3.05) is 0 Å². The Labute approximate surface area is 175 Å². The smallest absolute Gasteiger partial charge is 0.387 e. The number of hydrogen-bond acceptors (Lipinski definition) is 3. The fraction of sp³-hybridized carbons (Fsp3) is 0.240. The summed E-state index contributed by atoms with van der Waals surface area (Å²) >= 11 is 0. The highest BCUT2D eigenvalue weighted by Crippen LogP contribution is 2.34. The molecule has 30 heavy (non-hydrogen) atoms. The van der Waals surface area contributed by atoms with E-state index in [1.54, 1.807) is 12.1 Å². The van der Waals surface area contributed by atoms with Gasteiger partial charge in [0.05, 0.1) is 5.71 Å². The summed E-state index contributed by atoms with van der Waals surface area (Å²) in [7, 11) is 0. The highest BCUT2D eigenvalue weighted by atomic mass is 19.3. The molecule has 4 rings (SSSR count). The van der Waals surface area contributed by atoms with Gasteiger partial charge in [-0.2, -0.15) is 8.78 Å². The van der Waals surface area contributed by atoms with Gasteiger partial charge in [-0.25, -0.2) is 0 Å². The number of ether oxygens (including phenoxy) is 1. The van der Waals surface area contributed by atoms with Gasteiger partial charge in [-0.1, -0.05) is 53.7 Å². The van der Waals surface area contributed by atoms with E-state index in [1.165, 1.54) is 28.8 Å². The second-order valence-electron chi connectivity index (χ2n) is 7.38. The second-order valence-corrected chi connectivity index (χ2v) is 7.38. The first kappa shape index (κ1) is 20.1. The van der Waals surface area contributed by atoms with Crippen LogP contribution in [-0.2, 0) is 11.4 Å². The number of nitrogens with zero attached hydrogens (tertiary/aromatic N) is 1. The molecule has 0 aliphatic heterocycles. The number of rotatable bonds is 8. The standard InChI is InChI=1S/C25H23F2NO2/c1-17-21(8-5-9-23(17)18-6-3-2-4-7-18)16-29-28-24(19-10-11-19)20-12-14-22(15-13-20)30-25(26)27/h2-9,12-15,19,25H,10-11,16H2,1H3/b28-24+. The van der Waals surface area contributed by atoms with E-state index in [9.17, 15) is 8.78 Å². The summed E-state index contributed by atoms with van der Waals surface area (Å²) in [5, 5.41) is 4.41. The van der Waals surface area contributed by atoms with Gasteiger partial charge in [-0.3, -0.25) is 0 Å². The molecule has 0 radical (unpaired) electrons. The summed E-state index contributed by atoms with van der Waals surface area (Å²) in [4.78, 5) is 5.74. The zero-order valence-electron chi connectivity index (χ0n) is 16.7. The van der Waals surface area contributed by atoms with Crippen LogP contribution in [0.3, 0.4) is 0 Å². The molecular weight excluding hydrogens is 384 g/mol. The Hall–Kier alpha value is -3.21. The summed E-state index contributed by atoms with van der Waals surface area (Å²) in [5.41, 5.74) is 6.32. The van der Waals surface area contributed by atoms with Gasteiger partial charge in [0.25, 0.3) is 0 Å². The molecule has 0 bridgehead atoms. The topological polar surface area (TPSA) is 30.8 Å². The van der Waals surface area contributed by atoms with Gasteiger partial charge in [0, 0.05) is 5.92 Å². The van der Waals surface area contributed by atoms with Crippen molar-refractivity contribution in [3.8, 4) is 16.9 Å². The number of alkyl halides is 2. The molecule has 154 valence electrons. The van der Waals surface area contributed by atoms with E-state index in [2.05, 4.69) is 35.0 Å². The number of halogens is 2. The molecule has 0 aromatic heterocycles. The zero-order chi connectivity index (χ0) is 20.9. The largest absolute Gasteiger partial charge is 0.435 e.